The average Bonchev–Trinajstić information content (AvgIpc) is 2.12. The predicted octanol–water partition coefficient (Wildman–Crippen LogP) is -0.286. The van der Waals surface area contributed by atoms with Crippen molar-refractivity contribution in [1.29, 1.82) is 0 Å². The Kier molecular flexibility index (Phi) is 6.78. The van der Waals surface area contributed by atoms with Gasteiger partial charge in [-0.2, -0.15) is 0 Å². The summed E-state index contributed by atoms with van der Waals surface area (Å²) in [5.74, 6) is 5.74. The number of unbranched alkanes of at least 4 members (excludes halogenated alkanes) is 1. The minimum atomic E-state index is -0.193. The number of carbonyl (C=O) groups excluding carboxylic acids is 1. The van der Waals surface area contributed by atoms with Gasteiger partial charge >= 0.3 is 0 Å². The molecule has 0 amide bonds. The highest BCUT2D eigenvalue weighted by molar-refractivity contribution is 5.75. The fraction of sp³-hybridized carbons (Fsp3) is 0.667. The van der Waals surface area contributed by atoms with Gasteiger partial charge in [0.2, 0.25) is 0 Å². The molecular weight excluding hydrogens is 182 g/mol. The molecule has 14 heavy (non-hydrogen) atoms. The Hall–Kier alpha value is -1.07. The first kappa shape index (κ1) is 12.9. The van der Waals surface area contributed by atoms with Gasteiger partial charge in [0.1, 0.15) is 5.78 Å². The molecule has 0 bridgehead atoms. The van der Waals surface area contributed by atoms with E-state index < -0.39 is 0 Å². The van der Waals surface area contributed by atoms with Crippen LogP contribution in [0.2, 0.25) is 0 Å². The number of Topliss-reactive ketones (excluding diaryl/α,β-unsaturated/α-hetero) is 1. The van der Waals surface area contributed by atoms with E-state index in [1.165, 1.54) is 11.2 Å². The first-order valence-electron chi connectivity index (χ1n) is 4.64. The number of hydrazine groups is 1. The number of nitrogens with zero attached hydrogens (tertiary/aromatic N) is 1. The molecule has 0 aliphatic rings. The zero-order valence-electron chi connectivity index (χ0n) is 8.57. The maximum absolute atomic E-state index is 10.6. The lowest BCUT2D eigenvalue weighted by atomic mass is 10.2. The number of rotatable bonds is 7. The molecular formula is C9H19N3O2. The van der Waals surface area contributed by atoms with Crippen LogP contribution >= 0.6 is 0 Å². The normalized spacial score (nSPS) is 11.5. The highest BCUT2D eigenvalue weighted by Gasteiger charge is 1.97. The SMILES string of the molecule is CC(=O)CCCCN(N)/C=C(\N)CO. The van der Waals surface area contributed by atoms with Crippen molar-refractivity contribution in [1.82, 2.24) is 5.01 Å². The highest BCUT2D eigenvalue weighted by atomic mass is 16.3. The van der Waals surface area contributed by atoms with Crippen molar-refractivity contribution in [3.05, 3.63) is 11.9 Å². The molecule has 5 heteroatoms. The molecule has 5 nitrogen and oxygen atoms in total. The number of nitrogens with two attached hydrogens (primary N) is 2. The molecule has 0 unspecified atom stereocenters. The van der Waals surface area contributed by atoms with E-state index in [9.17, 15) is 4.79 Å². The number of hydrogen-bond donors (Lipinski definition) is 3. The summed E-state index contributed by atoms with van der Waals surface area (Å²) in [6.45, 7) is 2.01. The van der Waals surface area contributed by atoms with E-state index in [0.29, 0.717) is 18.7 Å². The van der Waals surface area contributed by atoms with E-state index in [1.807, 2.05) is 0 Å². The molecule has 0 atom stereocenters. The standard InChI is InChI=1S/C9H19N3O2/c1-8(14)4-2-3-5-12(11)6-9(10)7-13/h6,13H,2-5,7,10-11H2,1H3/b9-6-. The van der Waals surface area contributed by atoms with Gasteiger partial charge in [-0.1, -0.05) is 0 Å². The van der Waals surface area contributed by atoms with Gasteiger partial charge in [0.25, 0.3) is 0 Å². The molecule has 0 aliphatic carbocycles. The molecule has 0 aromatic heterocycles. The van der Waals surface area contributed by atoms with E-state index in [0.717, 1.165) is 12.8 Å². The van der Waals surface area contributed by atoms with E-state index in [-0.39, 0.29) is 12.4 Å². The molecule has 82 valence electrons. The first-order valence-corrected chi connectivity index (χ1v) is 4.64. The summed E-state index contributed by atoms with van der Waals surface area (Å²) in [6, 6.07) is 0. The van der Waals surface area contributed by atoms with Crippen LogP contribution in [0.5, 0.6) is 0 Å². The smallest absolute Gasteiger partial charge is 0.129 e. The minimum absolute atomic E-state index is 0.193. The molecule has 5 N–H and O–H groups in total. The number of carbonyl (C=O) groups is 1. The summed E-state index contributed by atoms with van der Waals surface area (Å²) >= 11 is 0. The van der Waals surface area contributed by atoms with Crippen molar-refractivity contribution in [2.45, 2.75) is 26.2 Å². The van der Waals surface area contributed by atoms with E-state index in [1.54, 1.807) is 6.92 Å². The maximum Gasteiger partial charge on any atom is 0.129 e. The molecule has 0 aliphatic heterocycles. The summed E-state index contributed by atoms with van der Waals surface area (Å²) in [5.41, 5.74) is 5.69. The Morgan fingerprint density at radius 2 is 2.14 bits per heavy atom. The quantitative estimate of drug-likeness (QED) is 0.299. The fourth-order valence-electron chi connectivity index (χ4n) is 0.987. The van der Waals surface area contributed by atoms with Crippen LogP contribution in [-0.2, 0) is 4.79 Å². The number of aliphatic hydroxyl groups is 1. The van der Waals surface area contributed by atoms with E-state index in [2.05, 4.69) is 0 Å². The largest absolute Gasteiger partial charge is 0.399 e. The third-order valence-corrected chi connectivity index (χ3v) is 1.71. The van der Waals surface area contributed by atoms with Gasteiger partial charge in [-0.05, 0) is 19.8 Å². The van der Waals surface area contributed by atoms with Gasteiger partial charge in [0, 0.05) is 19.2 Å². The number of ketones is 1. The minimum Gasteiger partial charge on any atom is -0.399 e. The summed E-state index contributed by atoms with van der Waals surface area (Å²) < 4.78 is 0. The topological polar surface area (TPSA) is 92.6 Å². The number of hydrogen-bond acceptors (Lipinski definition) is 5. The molecule has 0 saturated carbocycles. The van der Waals surface area contributed by atoms with Gasteiger partial charge in [0.15, 0.2) is 0 Å². The Morgan fingerprint density at radius 3 is 2.64 bits per heavy atom. The van der Waals surface area contributed by atoms with Gasteiger partial charge in [-0.3, -0.25) is 0 Å². The summed E-state index contributed by atoms with van der Waals surface area (Å²) in [5, 5.41) is 10.0. The van der Waals surface area contributed by atoms with Gasteiger partial charge in [-0.25, -0.2) is 5.84 Å². The molecule has 0 heterocycles. The highest BCUT2D eigenvalue weighted by Crippen LogP contribution is 1.97. The van der Waals surface area contributed by atoms with E-state index in [4.69, 9.17) is 16.7 Å². The first-order chi connectivity index (χ1) is 6.56. The van der Waals surface area contributed by atoms with Crippen LogP contribution in [0.25, 0.3) is 0 Å². The molecule has 0 fully saturated rings. The van der Waals surface area contributed by atoms with Crippen molar-refractivity contribution < 1.29 is 9.90 Å². The van der Waals surface area contributed by atoms with Crippen molar-refractivity contribution in [2.75, 3.05) is 13.2 Å². The van der Waals surface area contributed by atoms with E-state index >= 15 is 0 Å². The van der Waals surface area contributed by atoms with Gasteiger partial charge in [0.05, 0.1) is 12.3 Å². The third-order valence-electron chi connectivity index (χ3n) is 1.71. The van der Waals surface area contributed by atoms with Crippen LogP contribution in [0.4, 0.5) is 0 Å². The second-order valence-electron chi connectivity index (χ2n) is 3.26. The predicted molar refractivity (Wildman–Crippen MR) is 54.8 cm³/mol. The average molecular weight is 201 g/mol. The van der Waals surface area contributed by atoms with Crippen molar-refractivity contribution in [2.24, 2.45) is 11.6 Å². The lowest BCUT2D eigenvalue weighted by Gasteiger charge is -2.13. The van der Waals surface area contributed by atoms with Gasteiger partial charge < -0.3 is 20.6 Å². The lowest BCUT2D eigenvalue weighted by molar-refractivity contribution is -0.117. The third kappa shape index (κ3) is 7.57. The summed E-state index contributed by atoms with van der Waals surface area (Å²) in [7, 11) is 0. The number of aliphatic hydroxyl groups excluding tert-OH is 1. The molecule has 0 rings (SSSR count). The van der Waals surface area contributed by atoms with Crippen LogP contribution in [0.15, 0.2) is 11.9 Å². The van der Waals surface area contributed by atoms with Gasteiger partial charge in [-0.15, -0.1) is 0 Å². The summed E-state index contributed by atoms with van der Waals surface area (Å²) in [4.78, 5) is 10.6. The van der Waals surface area contributed by atoms with Crippen molar-refractivity contribution in [3.8, 4) is 0 Å². The zero-order valence-corrected chi connectivity index (χ0v) is 8.57. The molecule has 0 spiro atoms. The Bertz CT molecular complexity index is 204. The summed E-state index contributed by atoms with van der Waals surface area (Å²) in [6.07, 6.45) is 3.75. The Morgan fingerprint density at radius 1 is 1.50 bits per heavy atom. The molecule has 0 aromatic rings. The molecule has 0 radical (unpaired) electrons. The van der Waals surface area contributed by atoms with Crippen LogP contribution in [0, 0.1) is 0 Å². The fourth-order valence-corrected chi connectivity index (χ4v) is 0.987. The van der Waals surface area contributed by atoms with Crippen molar-refractivity contribution in [3.63, 3.8) is 0 Å². The second kappa shape index (κ2) is 7.34. The monoisotopic (exact) mass is 201 g/mol. The maximum atomic E-state index is 10.6. The second-order valence-corrected chi connectivity index (χ2v) is 3.26. The molecule has 0 aromatic carbocycles. The Balaban J connectivity index is 3.54. The zero-order chi connectivity index (χ0) is 11.0. The Labute approximate surface area is 84.3 Å². The van der Waals surface area contributed by atoms with Crippen LogP contribution in [-0.4, -0.2) is 29.1 Å². The molecule has 0 saturated heterocycles. The van der Waals surface area contributed by atoms with Crippen LogP contribution < -0.4 is 11.6 Å². The van der Waals surface area contributed by atoms with Crippen molar-refractivity contribution >= 4 is 5.78 Å². The van der Waals surface area contributed by atoms with Crippen LogP contribution in [0.1, 0.15) is 26.2 Å². The lowest BCUT2D eigenvalue weighted by Crippen LogP contribution is -2.28. The van der Waals surface area contributed by atoms with Crippen LogP contribution in [0.3, 0.4) is 0 Å².